The van der Waals surface area contributed by atoms with Crippen molar-refractivity contribution in [2.45, 2.75) is 51.8 Å². The molecular formula is C27H36FN3O4S. The van der Waals surface area contributed by atoms with Crippen LogP contribution in [0.2, 0.25) is 0 Å². The largest absolute Gasteiger partial charge is 0.395 e. The number of amides is 1. The monoisotopic (exact) mass is 517 g/mol. The van der Waals surface area contributed by atoms with Gasteiger partial charge in [0.2, 0.25) is 5.91 Å². The maximum atomic E-state index is 14.8. The van der Waals surface area contributed by atoms with E-state index in [-0.39, 0.29) is 35.4 Å². The van der Waals surface area contributed by atoms with Crippen LogP contribution in [0.5, 0.6) is 0 Å². The standard InChI is InChI=1S/C27H36FN3O4S/c1-18(2)14-30(15-19-7-4-3-5-8-19)24-17-36(34,35)16-21(27(24)33)11-20-12-22(28)26(29)23(13-20)31-10-6-9-25(31)32/h3-5,7-8,12-13,18,21,24,27,33H,6,9-11,14-17,29H2,1-2H3. The SMILES string of the molecule is CC(C)CN(Cc1ccccc1)C1CS(=O)(=O)CC(Cc2cc(F)c(N)c(N3CCCC3=O)c2)C1O. The van der Waals surface area contributed by atoms with Gasteiger partial charge in [-0.1, -0.05) is 44.2 Å². The highest BCUT2D eigenvalue weighted by Gasteiger charge is 2.42. The zero-order valence-corrected chi connectivity index (χ0v) is 21.8. The van der Waals surface area contributed by atoms with Crippen LogP contribution in [0.3, 0.4) is 0 Å². The molecule has 2 aromatic rings. The number of carbonyl (C=O) groups excluding carboxylic acids is 1. The van der Waals surface area contributed by atoms with E-state index in [1.54, 1.807) is 6.07 Å². The van der Waals surface area contributed by atoms with Crippen molar-refractivity contribution >= 4 is 27.1 Å². The Kier molecular flexibility index (Phi) is 8.02. The third-order valence-electron chi connectivity index (χ3n) is 7.10. The molecule has 4 rings (SSSR count). The topological polar surface area (TPSA) is 104 Å². The molecule has 7 nitrogen and oxygen atoms in total. The fourth-order valence-corrected chi connectivity index (χ4v) is 7.51. The Morgan fingerprint density at radius 2 is 1.89 bits per heavy atom. The second-order valence-corrected chi connectivity index (χ2v) is 12.7. The van der Waals surface area contributed by atoms with E-state index in [9.17, 15) is 22.7 Å². The van der Waals surface area contributed by atoms with Gasteiger partial charge in [0, 0.05) is 32.0 Å². The molecule has 2 heterocycles. The van der Waals surface area contributed by atoms with Crippen LogP contribution in [-0.4, -0.2) is 61.1 Å². The zero-order chi connectivity index (χ0) is 26.0. The highest BCUT2D eigenvalue weighted by Crippen LogP contribution is 2.34. The fourth-order valence-electron chi connectivity index (χ4n) is 5.48. The summed E-state index contributed by atoms with van der Waals surface area (Å²) < 4.78 is 40.8. The molecule has 0 spiro atoms. The molecule has 196 valence electrons. The Hall–Kier alpha value is -2.49. The van der Waals surface area contributed by atoms with Crippen molar-refractivity contribution in [3.63, 3.8) is 0 Å². The lowest BCUT2D eigenvalue weighted by atomic mass is 9.89. The Morgan fingerprint density at radius 1 is 1.17 bits per heavy atom. The molecular weight excluding hydrogens is 481 g/mol. The second-order valence-electron chi connectivity index (χ2n) is 10.6. The number of aliphatic hydroxyl groups is 1. The lowest BCUT2D eigenvalue weighted by Crippen LogP contribution is -2.56. The first-order valence-corrected chi connectivity index (χ1v) is 14.4. The van der Waals surface area contributed by atoms with Gasteiger partial charge in [-0.3, -0.25) is 9.69 Å². The molecule has 2 aromatic carbocycles. The number of benzene rings is 2. The van der Waals surface area contributed by atoms with E-state index in [1.165, 1.54) is 11.0 Å². The van der Waals surface area contributed by atoms with Gasteiger partial charge in [0.05, 0.1) is 35.0 Å². The molecule has 3 N–H and O–H groups in total. The zero-order valence-electron chi connectivity index (χ0n) is 20.9. The van der Waals surface area contributed by atoms with E-state index in [4.69, 9.17) is 5.73 Å². The number of nitrogen functional groups attached to an aromatic ring is 1. The van der Waals surface area contributed by atoms with Crippen molar-refractivity contribution in [3.05, 3.63) is 59.4 Å². The summed E-state index contributed by atoms with van der Waals surface area (Å²) in [5, 5.41) is 11.4. The predicted molar refractivity (Wildman–Crippen MR) is 140 cm³/mol. The van der Waals surface area contributed by atoms with Crippen molar-refractivity contribution in [2.75, 3.05) is 35.2 Å². The number of nitrogens with zero attached hydrogens (tertiary/aromatic N) is 2. The van der Waals surface area contributed by atoms with Crippen LogP contribution in [0.1, 0.15) is 37.8 Å². The van der Waals surface area contributed by atoms with Crippen molar-refractivity contribution in [1.29, 1.82) is 0 Å². The third-order valence-corrected chi connectivity index (χ3v) is 8.88. The number of halogens is 1. The van der Waals surface area contributed by atoms with Crippen molar-refractivity contribution < 1.29 is 22.7 Å². The summed E-state index contributed by atoms with van der Waals surface area (Å²) in [5.41, 5.74) is 7.76. The quantitative estimate of drug-likeness (QED) is 0.522. The Morgan fingerprint density at radius 3 is 2.53 bits per heavy atom. The molecule has 2 aliphatic heterocycles. The molecule has 9 heteroatoms. The molecule has 1 amide bonds. The third kappa shape index (κ3) is 6.07. The summed E-state index contributed by atoms with van der Waals surface area (Å²) in [6.45, 7) is 5.77. The molecule has 36 heavy (non-hydrogen) atoms. The van der Waals surface area contributed by atoms with Crippen molar-refractivity contribution in [3.8, 4) is 0 Å². The number of nitrogens with two attached hydrogens (primary N) is 1. The molecule has 3 unspecified atom stereocenters. The van der Waals surface area contributed by atoms with Gasteiger partial charge in [0.25, 0.3) is 0 Å². The lowest BCUT2D eigenvalue weighted by molar-refractivity contribution is -0.117. The van der Waals surface area contributed by atoms with E-state index in [0.29, 0.717) is 43.7 Å². The van der Waals surface area contributed by atoms with E-state index >= 15 is 0 Å². The number of sulfone groups is 1. The number of hydrogen-bond donors (Lipinski definition) is 2. The molecule has 3 atom stereocenters. The maximum Gasteiger partial charge on any atom is 0.227 e. The van der Waals surface area contributed by atoms with Gasteiger partial charge in [0.1, 0.15) is 5.82 Å². The number of rotatable bonds is 8. The maximum absolute atomic E-state index is 14.8. The van der Waals surface area contributed by atoms with Gasteiger partial charge in [-0.2, -0.15) is 0 Å². The van der Waals surface area contributed by atoms with Gasteiger partial charge in [-0.05, 0) is 42.0 Å². The van der Waals surface area contributed by atoms with Crippen LogP contribution in [0, 0.1) is 17.7 Å². The van der Waals surface area contributed by atoms with Crippen molar-refractivity contribution in [1.82, 2.24) is 4.90 Å². The van der Waals surface area contributed by atoms with Gasteiger partial charge in [0.15, 0.2) is 9.84 Å². The minimum absolute atomic E-state index is 0.0883. The van der Waals surface area contributed by atoms with Crippen LogP contribution < -0.4 is 10.6 Å². The molecule has 0 bridgehead atoms. The number of anilines is 2. The van der Waals surface area contributed by atoms with Crippen LogP contribution >= 0.6 is 0 Å². The predicted octanol–water partition coefficient (Wildman–Crippen LogP) is 3.01. The molecule has 0 radical (unpaired) electrons. The molecule has 0 aromatic heterocycles. The summed E-state index contributed by atoms with van der Waals surface area (Å²) in [6, 6.07) is 12.2. The Labute approximate surface area is 213 Å². The number of aliphatic hydroxyl groups excluding tert-OH is 1. The molecule has 2 saturated heterocycles. The van der Waals surface area contributed by atoms with E-state index < -0.39 is 33.7 Å². The normalized spacial score (nSPS) is 24.1. The number of carbonyl (C=O) groups is 1. The smallest absolute Gasteiger partial charge is 0.227 e. The van der Waals surface area contributed by atoms with E-state index in [2.05, 4.69) is 18.7 Å². The second kappa shape index (κ2) is 10.9. The highest BCUT2D eigenvalue weighted by molar-refractivity contribution is 7.91. The first kappa shape index (κ1) is 26.6. The Balaban J connectivity index is 1.61. The lowest BCUT2D eigenvalue weighted by Gasteiger charge is -2.42. The summed E-state index contributed by atoms with van der Waals surface area (Å²) in [6.07, 6.45) is 0.329. The van der Waals surface area contributed by atoms with Gasteiger partial charge >= 0.3 is 0 Å². The molecule has 2 fully saturated rings. The number of hydrogen-bond acceptors (Lipinski definition) is 6. The first-order chi connectivity index (χ1) is 17.0. The van der Waals surface area contributed by atoms with Crippen LogP contribution in [0.25, 0.3) is 0 Å². The van der Waals surface area contributed by atoms with Gasteiger partial charge in [-0.15, -0.1) is 0 Å². The summed E-state index contributed by atoms with van der Waals surface area (Å²) in [7, 11) is -3.44. The minimum atomic E-state index is -3.44. The van der Waals surface area contributed by atoms with E-state index in [0.717, 1.165) is 5.56 Å². The van der Waals surface area contributed by atoms with Gasteiger partial charge < -0.3 is 15.7 Å². The Bertz CT molecular complexity index is 1190. The highest BCUT2D eigenvalue weighted by atomic mass is 32.2. The average molecular weight is 518 g/mol. The van der Waals surface area contributed by atoms with E-state index in [1.807, 2.05) is 30.3 Å². The summed E-state index contributed by atoms with van der Waals surface area (Å²) in [4.78, 5) is 15.8. The summed E-state index contributed by atoms with van der Waals surface area (Å²) in [5.74, 6) is -1.37. The van der Waals surface area contributed by atoms with Gasteiger partial charge in [-0.25, -0.2) is 12.8 Å². The summed E-state index contributed by atoms with van der Waals surface area (Å²) >= 11 is 0. The fraction of sp³-hybridized carbons (Fsp3) is 0.519. The van der Waals surface area contributed by atoms with Crippen LogP contribution in [0.4, 0.5) is 15.8 Å². The van der Waals surface area contributed by atoms with Crippen LogP contribution in [-0.2, 0) is 27.6 Å². The van der Waals surface area contributed by atoms with Crippen molar-refractivity contribution in [2.24, 2.45) is 11.8 Å². The minimum Gasteiger partial charge on any atom is -0.395 e. The van der Waals surface area contributed by atoms with Crippen LogP contribution in [0.15, 0.2) is 42.5 Å². The average Bonchev–Trinajstić information content (AvgIpc) is 3.23. The molecule has 2 aliphatic rings. The first-order valence-electron chi connectivity index (χ1n) is 12.6. The molecule has 0 aliphatic carbocycles. The molecule has 0 saturated carbocycles.